The van der Waals surface area contributed by atoms with Crippen LogP contribution in [-0.4, -0.2) is 46.4 Å². The Kier molecular flexibility index (Phi) is 6.77. The molecule has 0 bridgehead atoms. The van der Waals surface area contributed by atoms with Gasteiger partial charge in [0.2, 0.25) is 15.9 Å². The maximum atomic E-state index is 14.3. The lowest BCUT2D eigenvalue weighted by Gasteiger charge is -2.38. The number of ether oxygens (including phenoxy) is 1. The van der Waals surface area contributed by atoms with Crippen molar-refractivity contribution in [3.8, 4) is 0 Å². The Hall–Kier alpha value is -2.45. The number of hydrogen-bond acceptors (Lipinski definition) is 4. The van der Waals surface area contributed by atoms with Gasteiger partial charge in [0.15, 0.2) is 0 Å². The van der Waals surface area contributed by atoms with Gasteiger partial charge in [-0.05, 0) is 37.5 Å². The summed E-state index contributed by atoms with van der Waals surface area (Å²) in [4.78, 5) is 13.0. The molecule has 0 unspecified atom stereocenters. The Morgan fingerprint density at radius 3 is 2.33 bits per heavy atom. The Morgan fingerprint density at radius 1 is 1.13 bits per heavy atom. The van der Waals surface area contributed by atoms with Gasteiger partial charge < -0.3 is 10.1 Å². The van der Waals surface area contributed by atoms with E-state index in [9.17, 15) is 17.6 Å². The molecule has 30 heavy (non-hydrogen) atoms. The zero-order valence-corrected chi connectivity index (χ0v) is 18.0. The molecule has 1 amide bonds. The summed E-state index contributed by atoms with van der Waals surface area (Å²) in [5.41, 5.74) is 0.671. The van der Waals surface area contributed by atoms with Crippen LogP contribution in [-0.2, 0) is 25.0 Å². The first-order valence-corrected chi connectivity index (χ1v) is 11.7. The summed E-state index contributed by atoms with van der Waals surface area (Å²) in [7, 11) is -3.88. The SMILES string of the molecule is C[C@@H](C(=O)NCC1(c2ccccc2)CCOCC1)N(c1ccccc1F)S(C)(=O)=O. The van der Waals surface area contributed by atoms with E-state index in [0.717, 1.165) is 29.0 Å². The molecule has 8 heteroatoms. The molecule has 2 aromatic carbocycles. The molecule has 1 heterocycles. The number of rotatable bonds is 7. The van der Waals surface area contributed by atoms with Crippen molar-refractivity contribution in [2.24, 2.45) is 0 Å². The fourth-order valence-electron chi connectivity index (χ4n) is 3.94. The quantitative estimate of drug-likeness (QED) is 0.727. The maximum Gasteiger partial charge on any atom is 0.243 e. The largest absolute Gasteiger partial charge is 0.381 e. The lowest BCUT2D eigenvalue weighted by Crippen LogP contribution is -2.52. The van der Waals surface area contributed by atoms with Crippen molar-refractivity contribution in [2.75, 3.05) is 30.3 Å². The second-order valence-electron chi connectivity index (χ2n) is 7.66. The highest BCUT2D eigenvalue weighted by Crippen LogP contribution is 2.34. The molecule has 1 saturated heterocycles. The second-order valence-corrected chi connectivity index (χ2v) is 9.52. The van der Waals surface area contributed by atoms with Gasteiger partial charge in [-0.25, -0.2) is 12.8 Å². The number of halogens is 1. The minimum Gasteiger partial charge on any atom is -0.381 e. The highest BCUT2D eigenvalue weighted by Gasteiger charge is 2.36. The van der Waals surface area contributed by atoms with E-state index >= 15 is 0 Å². The number of anilines is 1. The Morgan fingerprint density at radius 2 is 1.73 bits per heavy atom. The van der Waals surface area contributed by atoms with Crippen LogP contribution < -0.4 is 9.62 Å². The summed E-state index contributed by atoms with van der Waals surface area (Å²) in [6, 6.07) is 14.3. The molecule has 162 valence electrons. The normalized spacial score (nSPS) is 17.2. The number of carbonyl (C=O) groups is 1. The standard InChI is InChI=1S/C22H27FN2O4S/c1-17(25(30(2,27)28)20-11-7-6-10-19(20)23)21(26)24-16-22(12-14-29-15-13-22)18-8-4-3-5-9-18/h3-11,17H,12-16H2,1-2H3,(H,24,26)/t17-/m0/s1. The van der Waals surface area contributed by atoms with Crippen LogP contribution in [0.3, 0.4) is 0 Å². The molecule has 0 radical (unpaired) electrons. The van der Waals surface area contributed by atoms with Gasteiger partial charge in [-0.3, -0.25) is 9.10 Å². The zero-order chi connectivity index (χ0) is 21.8. The highest BCUT2D eigenvalue weighted by atomic mass is 32.2. The van der Waals surface area contributed by atoms with E-state index < -0.39 is 27.8 Å². The first-order chi connectivity index (χ1) is 14.2. The molecule has 1 atom stereocenters. The zero-order valence-electron chi connectivity index (χ0n) is 17.2. The average Bonchev–Trinajstić information content (AvgIpc) is 2.74. The number of amides is 1. The molecule has 1 N–H and O–H groups in total. The van der Waals surface area contributed by atoms with Crippen LogP contribution in [0, 0.1) is 5.82 Å². The summed E-state index contributed by atoms with van der Waals surface area (Å²) >= 11 is 0. The lowest BCUT2D eigenvalue weighted by molar-refractivity contribution is -0.122. The number of hydrogen-bond donors (Lipinski definition) is 1. The smallest absolute Gasteiger partial charge is 0.243 e. The van der Waals surface area contributed by atoms with Crippen LogP contribution in [0.1, 0.15) is 25.3 Å². The summed E-state index contributed by atoms with van der Waals surface area (Å²) in [5.74, 6) is -1.18. The Balaban J connectivity index is 1.82. The predicted molar refractivity (Wildman–Crippen MR) is 114 cm³/mol. The van der Waals surface area contributed by atoms with Crippen molar-refractivity contribution in [1.29, 1.82) is 0 Å². The fraction of sp³-hybridized carbons (Fsp3) is 0.409. The molecular weight excluding hydrogens is 407 g/mol. The van der Waals surface area contributed by atoms with Crippen molar-refractivity contribution < 1.29 is 22.3 Å². The van der Waals surface area contributed by atoms with Gasteiger partial charge in [0.1, 0.15) is 11.9 Å². The molecular formula is C22H27FN2O4S. The Bertz CT molecular complexity index is 976. The summed E-state index contributed by atoms with van der Waals surface area (Å²) in [6.07, 6.45) is 2.46. The van der Waals surface area contributed by atoms with Crippen LogP contribution in [0.25, 0.3) is 0 Å². The van der Waals surface area contributed by atoms with E-state index in [4.69, 9.17) is 4.74 Å². The van der Waals surface area contributed by atoms with Gasteiger partial charge in [-0.1, -0.05) is 42.5 Å². The van der Waals surface area contributed by atoms with Crippen LogP contribution in [0.2, 0.25) is 0 Å². The Labute approximate surface area is 177 Å². The third-order valence-electron chi connectivity index (χ3n) is 5.62. The topological polar surface area (TPSA) is 75.7 Å². The first-order valence-electron chi connectivity index (χ1n) is 9.89. The summed E-state index contributed by atoms with van der Waals surface area (Å²) in [6.45, 7) is 2.98. The molecule has 0 saturated carbocycles. The molecule has 0 aromatic heterocycles. The monoisotopic (exact) mass is 434 g/mol. The van der Waals surface area contributed by atoms with Gasteiger partial charge in [-0.15, -0.1) is 0 Å². The van der Waals surface area contributed by atoms with Crippen LogP contribution in [0.4, 0.5) is 10.1 Å². The lowest BCUT2D eigenvalue weighted by atomic mass is 9.74. The number of para-hydroxylation sites is 1. The number of nitrogens with zero attached hydrogens (tertiary/aromatic N) is 1. The molecule has 3 rings (SSSR count). The number of sulfonamides is 1. The predicted octanol–water partition coefficient (Wildman–Crippen LogP) is 2.84. The molecule has 0 aliphatic carbocycles. The summed E-state index contributed by atoms with van der Waals surface area (Å²) < 4.78 is 45.4. The van der Waals surface area contributed by atoms with Crippen LogP contribution in [0.5, 0.6) is 0 Å². The maximum absolute atomic E-state index is 14.3. The van der Waals surface area contributed by atoms with Crippen molar-refractivity contribution in [2.45, 2.75) is 31.2 Å². The number of benzene rings is 2. The van der Waals surface area contributed by atoms with Gasteiger partial charge in [0.05, 0.1) is 11.9 Å². The van der Waals surface area contributed by atoms with Crippen LogP contribution >= 0.6 is 0 Å². The molecule has 1 aliphatic heterocycles. The minimum absolute atomic E-state index is 0.147. The minimum atomic E-state index is -3.88. The highest BCUT2D eigenvalue weighted by molar-refractivity contribution is 7.92. The van der Waals surface area contributed by atoms with E-state index in [0.29, 0.717) is 19.8 Å². The second kappa shape index (κ2) is 9.14. The van der Waals surface area contributed by atoms with Gasteiger partial charge >= 0.3 is 0 Å². The molecule has 1 fully saturated rings. The van der Waals surface area contributed by atoms with Crippen LogP contribution in [0.15, 0.2) is 54.6 Å². The average molecular weight is 435 g/mol. The third-order valence-corrected chi connectivity index (χ3v) is 6.84. The van der Waals surface area contributed by atoms with Gasteiger partial charge in [0, 0.05) is 25.2 Å². The van der Waals surface area contributed by atoms with Crippen molar-refractivity contribution in [3.05, 3.63) is 66.0 Å². The number of nitrogens with one attached hydrogen (secondary N) is 1. The van der Waals surface area contributed by atoms with E-state index in [1.54, 1.807) is 0 Å². The summed E-state index contributed by atoms with van der Waals surface area (Å²) in [5, 5.41) is 2.91. The molecule has 2 aromatic rings. The molecule has 6 nitrogen and oxygen atoms in total. The van der Waals surface area contributed by atoms with E-state index in [1.165, 1.54) is 31.2 Å². The third kappa shape index (κ3) is 4.82. The number of carbonyl (C=O) groups excluding carboxylic acids is 1. The molecule has 1 aliphatic rings. The first kappa shape index (κ1) is 22.2. The van der Waals surface area contributed by atoms with Gasteiger partial charge in [0.25, 0.3) is 0 Å². The van der Waals surface area contributed by atoms with E-state index in [1.807, 2.05) is 30.3 Å². The van der Waals surface area contributed by atoms with Gasteiger partial charge in [-0.2, -0.15) is 0 Å². The van der Waals surface area contributed by atoms with E-state index in [-0.39, 0.29) is 11.1 Å². The van der Waals surface area contributed by atoms with Crippen molar-refractivity contribution >= 4 is 21.6 Å². The van der Waals surface area contributed by atoms with E-state index in [2.05, 4.69) is 5.32 Å². The van der Waals surface area contributed by atoms with Crippen molar-refractivity contribution in [1.82, 2.24) is 5.32 Å². The van der Waals surface area contributed by atoms with Crippen molar-refractivity contribution in [3.63, 3.8) is 0 Å². The molecule has 0 spiro atoms. The fourth-order valence-corrected chi connectivity index (χ4v) is 5.11.